The Labute approximate surface area is 253 Å². The molecule has 0 fully saturated rings. The minimum absolute atomic E-state index is 0.0626. The first-order chi connectivity index (χ1) is 20.6. The van der Waals surface area contributed by atoms with E-state index in [0.717, 1.165) is 6.42 Å². The van der Waals surface area contributed by atoms with Crippen LogP contribution in [0, 0.1) is 0 Å². The van der Waals surface area contributed by atoms with E-state index in [9.17, 15) is 29.4 Å². The molecule has 0 bridgehead atoms. The number of carboxylic acids is 2. The number of aliphatic hydroxyl groups excluding tert-OH is 2. The molecule has 0 aliphatic rings. The summed E-state index contributed by atoms with van der Waals surface area (Å²) in [5.74, 6) is -3.50. The Morgan fingerprint density at radius 2 is 1.51 bits per heavy atom. The van der Waals surface area contributed by atoms with E-state index >= 15 is 0 Å². The number of carbonyl (C=O) groups is 4. The van der Waals surface area contributed by atoms with Gasteiger partial charge in [0.2, 0.25) is 11.8 Å². The van der Waals surface area contributed by atoms with Crippen LogP contribution in [-0.4, -0.2) is 88.1 Å². The van der Waals surface area contributed by atoms with Crippen molar-refractivity contribution in [1.82, 2.24) is 16.0 Å². The van der Waals surface area contributed by atoms with Gasteiger partial charge in [0.15, 0.2) is 0 Å². The van der Waals surface area contributed by atoms with Crippen molar-refractivity contribution < 1.29 is 39.6 Å². The summed E-state index contributed by atoms with van der Waals surface area (Å²) in [6.07, 6.45) is 22.4. The van der Waals surface area contributed by atoms with Gasteiger partial charge in [-0.25, -0.2) is 0 Å². The van der Waals surface area contributed by atoms with Gasteiger partial charge < -0.3 is 42.1 Å². The molecule has 0 aromatic carbocycles. The number of amides is 2. The lowest BCUT2D eigenvalue weighted by Gasteiger charge is -2.25. The molecule has 0 aromatic heterocycles. The minimum Gasteiger partial charge on any atom is -0.481 e. The van der Waals surface area contributed by atoms with Crippen molar-refractivity contribution in [2.24, 2.45) is 5.73 Å². The lowest BCUT2D eigenvalue weighted by molar-refractivity contribution is -0.138. The SMILES string of the molecule is CC/C=C\C[C@H](O)/C=C/C=C\C\C=C/C=C/C=C/[C@@H](NC[C@H](NC(=O)CCCN)C(=O)NCC(=O)O)[C@@H](O)CCC(=O)O. The Balaban J connectivity index is 5.18. The first kappa shape index (κ1) is 39.2. The van der Waals surface area contributed by atoms with Crippen LogP contribution in [0.3, 0.4) is 0 Å². The van der Waals surface area contributed by atoms with Crippen LogP contribution < -0.4 is 21.7 Å². The molecule has 12 nitrogen and oxygen atoms in total. The second-order valence-electron chi connectivity index (χ2n) is 9.49. The van der Waals surface area contributed by atoms with Gasteiger partial charge in [0, 0.05) is 19.4 Å². The second-order valence-corrected chi connectivity index (χ2v) is 9.49. The highest BCUT2D eigenvalue weighted by atomic mass is 16.4. The number of hydrogen-bond acceptors (Lipinski definition) is 8. The monoisotopic (exact) mass is 604 g/mol. The van der Waals surface area contributed by atoms with Gasteiger partial charge in [-0.15, -0.1) is 0 Å². The molecule has 0 heterocycles. The third-order valence-electron chi connectivity index (χ3n) is 5.72. The highest BCUT2D eigenvalue weighted by Gasteiger charge is 2.24. The van der Waals surface area contributed by atoms with Gasteiger partial charge >= 0.3 is 11.9 Å². The van der Waals surface area contributed by atoms with Crippen LogP contribution in [0.4, 0.5) is 0 Å². The van der Waals surface area contributed by atoms with Crippen LogP contribution in [0.1, 0.15) is 51.9 Å². The van der Waals surface area contributed by atoms with Crippen LogP contribution in [0.5, 0.6) is 0 Å². The van der Waals surface area contributed by atoms with Crippen LogP contribution in [0.15, 0.2) is 72.9 Å². The number of nitrogens with two attached hydrogens (primary N) is 1. The second kappa shape index (κ2) is 25.8. The lowest BCUT2D eigenvalue weighted by Crippen LogP contribution is -2.55. The average Bonchev–Trinajstić information content (AvgIpc) is 2.97. The molecule has 0 aliphatic carbocycles. The summed E-state index contributed by atoms with van der Waals surface area (Å²) in [5, 5.41) is 46.0. The molecule has 0 saturated carbocycles. The summed E-state index contributed by atoms with van der Waals surface area (Å²) in [4.78, 5) is 46.6. The zero-order chi connectivity index (χ0) is 32.3. The fourth-order valence-electron chi connectivity index (χ4n) is 3.44. The van der Waals surface area contributed by atoms with Gasteiger partial charge in [-0.05, 0) is 38.6 Å². The topological polar surface area (TPSA) is 211 Å². The van der Waals surface area contributed by atoms with Gasteiger partial charge in [0.1, 0.15) is 12.6 Å². The van der Waals surface area contributed by atoms with E-state index in [1.807, 2.05) is 43.4 Å². The van der Waals surface area contributed by atoms with E-state index in [4.69, 9.17) is 15.9 Å². The minimum atomic E-state index is -1.25. The third kappa shape index (κ3) is 23.4. The predicted octanol–water partition coefficient (Wildman–Crippen LogP) is 1.48. The van der Waals surface area contributed by atoms with Crippen molar-refractivity contribution in [1.29, 1.82) is 0 Å². The van der Waals surface area contributed by atoms with E-state index in [-0.39, 0.29) is 32.4 Å². The third-order valence-corrected chi connectivity index (χ3v) is 5.72. The highest BCUT2D eigenvalue weighted by molar-refractivity contribution is 5.89. The van der Waals surface area contributed by atoms with E-state index in [2.05, 4.69) is 16.0 Å². The quantitative estimate of drug-likeness (QED) is 0.0587. The molecule has 9 N–H and O–H groups in total. The summed E-state index contributed by atoms with van der Waals surface area (Å²) in [6.45, 7) is 1.53. The first-order valence-electron chi connectivity index (χ1n) is 14.4. The van der Waals surface area contributed by atoms with Crippen molar-refractivity contribution in [3.05, 3.63) is 72.9 Å². The van der Waals surface area contributed by atoms with Gasteiger partial charge in [0.25, 0.3) is 0 Å². The molecule has 4 atom stereocenters. The largest absolute Gasteiger partial charge is 0.481 e. The van der Waals surface area contributed by atoms with Gasteiger partial charge in [-0.1, -0.05) is 79.8 Å². The molecule has 0 unspecified atom stereocenters. The Hall–Kier alpha value is -3.84. The standard InChI is InChI=1S/C31H48N4O8/c1-2-3-11-15-24(36)16-12-9-7-5-4-6-8-10-13-17-25(27(37)19-20-29(39)40)33-22-26(31(43)34-23-30(41)42)35-28(38)18-14-21-32/h3-4,6-13,16-17,24-27,33,36-37H,2,5,14-15,18-23,32H2,1H3,(H,34,43)(H,35,38)(H,39,40)(H,41,42)/b6-4-,9-7-,10-8+,11-3-,16-12+,17-13+/t24-,25+,26-,27-/m0/s1. The number of aliphatic hydroxyl groups is 2. The fraction of sp³-hybridized carbons (Fsp3) is 0.484. The molecule has 2 amide bonds. The Bertz CT molecular complexity index is 1000. The number of hydrogen-bond donors (Lipinski definition) is 8. The summed E-state index contributed by atoms with van der Waals surface area (Å²) in [6, 6.07) is -1.92. The molecule has 12 heteroatoms. The Morgan fingerprint density at radius 3 is 2.16 bits per heavy atom. The molecule has 0 aromatic rings. The maximum atomic E-state index is 12.5. The summed E-state index contributed by atoms with van der Waals surface area (Å²) >= 11 is 0. The molecule has 0 rings (SSSR count). The van der Waals surface area contributed by atoms with Crippen LogP contribution in [0.25, 0.3) is 0 Å². The molecule has 240 valence electrons. The van der Waals surface area contributed by atoms with Crippen molar-refractivity contribution in [3.8, 4) is 0 Å². The average molecular weight is 605 g/mol. The van der Waals surface area contributed by atoms with Gasteiger partial charge in [0.05, 0.1) is 18.2 Å². The summed E-state index contributed by atoms with van der Waals surface area (Å²) < 4.78 is 0. The Morgan fingerprint density at radius 1 is 0.837 bits per heavy atom. The fourth-order valence-corrected chi connectivity index (χ4v) is 3.44. The maximum absolute atomic E-state index is 12.5. The van der Waals surface area contributed by atoms with Gasteiger partial charge in [-0.3, -0.25) is 19.2 Å². The van der Waals surface area contributed by atoms with E-state index in [1.165, 1.54) is 0 Å². The number of aliphatic carboxylic acids is 2. The number of carboxylic acid groups (broad SMARTS) is 2. The molecule has 0 radical (unpaired) electrons. The summed E-state index contributed by atoms with van der Waals surface area (Å²) in [7, 11) is 0. The molecular weight excluding hydrogens is 556 g/mol. The first-order valence-corrected chi connectivity index (χ1v) is 14.4. The number of rotatable bonds is 24. The number of nitrogens with one attached hydrogen (secondary N) is 3. The van der Waals surface area contributed by atoms with Crippen LogP contribution in [0.2, 0.25) is 0 Å². The number of allylic oxidation sites excluding steroid dienone is 9. The lowest BCUT2D eigenvalue weighted by atomic mass is 10.0. The molecule has 0 spiro atoms. The van der Waals surface area contributed by atoms with Crippen LogP contribution >= 0.6 is 0 Å². The predicted molar refractivity (Wildman–Crippen MR) is 166 cm³/mol. The molecule has 43 heavy (non-hydrogen) atoms. The molecule has 0 saturated heterocycles. The van der Waals surface area contributed by atoms with E-state index in [0.29, 0.717) is 19.3 Å². The van der Waals surface area contributed by atoms with Gasteiger partial charge in [-0.2, -0.15) is 0 Å². The van der Waals surface area contributed by atoms with Crippen LogP contribution in [-0.2, 0) is 19.2 Å². The molecular formula is C31H48N4O8. The van der Waals surface area contributed by atoms with Crippen molar-refractivity contribution in [3.63, 3.8) is 0 Å². The normalized spacial score (nSPS) is 15.2. The van der Waals surface area contributed by atoms with Crippen molar-refractivity contribution >= 4 is 23.8 Å². The number of carbonyl (C=O) groups excluding carboxylic acids is 2. The van der Waals surface area contributed by atoms with Crippen molar-refractivity contribution in [2.75, 3.05) is 19.6 Å². The summed E-state index contributed by atoms with van der Waals surface area (Å²) in [5.41, 5.74) is 5.43. The highest BCUT2D eigenvalue weighted by Crippen LogP contribution is 2.06. The van der Waals surface area contributed by atoms with Crippen molar-refractivity contribution in [2.45, 2.75) is 76.2 Å². The smallest absolute Gasteiger partial charge is 0.322 e. The van der Waals surface area contributed by atoms with E-state index in [1.54, 1.807) is 36.5 Å². The zero-order valence-electron chi connectivity index (χ0n) is 24.8. The van der Waals surface area contributed by atoms with E-state index < -0.39 is 54.6 Å². The zero-order valence-corrected chi connectivity index (χ0v) is 24.8. The molecule has 0 aliphatic heterocycles. The Kier molecular flexibility index (Phi) is 23.5. The maximum Gasteiger partial charge on any atom is 0.322 e.